The van der Waals surface area contributed by atoms with E-state index in [1.165, 1.54) is 5.56 Å². The van der Waals surface area contributed by atoms with Crippen molar-refractivity contribution in [2.45, 2.75) is 14.4 Å². The van der Waals surface area contributed by atoms with Crippen LogP contribution in [-0.2, 0) is 7.05 Å². The summed E-state index contributed by atoms with van der Waals surface area (Å²) in [4.78, 5) is 4.09. The highest BCUT2D eigenvalue weighted by Crippen LogP contribution is 1.87. The molecule has 1 aromatic rings. The third-order valence-corrected chi connectivity index (χ3v) is 1.51. The Hall–Kier alpha value is -1.05. The van der Waals surface area contributed by atoms with Crippen LogP contribution in [0, 0.1) is 6.92 Å². The Labute approximate surface area is 68.2 Å². The van der Waals surface area contributed by atoms with Gasteiger partial charge in [-0.2, -0.15) is 0 Å². The maximum absolute atomic E-state index is 4.09. The van der Waals surface area contributed by atoms with Crippen LogP contribution >= 0.6 is 0 Å². The van der Waals surface area contributed by atoms with E-state index < -0.39 is 0 Å². The second-order valence-electron chi connectivity index (χ2n) is 2.40. The standard InChI is InChI=1S/C8H12N2.CH4/c1-7-4-5-10(3)8(6-7)9-2;/h4-6H,1-3H3;1H4. The van der Waals surface area contributed by atoms with E-state index in [-0.39, 0.29) is 7.43 Å². The van der Waals surface area contributed by atoms with Gasteiger partial charge in [0.2, 0.25) is 0 Å². The van der Waals surface area contributed by atoms with Gasteiger partial charge in [0.05, 0.1) is 0 Å². The molecule has 0 bridgehead atoms. The highest BCUT2D eigenvalue weighted by Gasteiger charge is 1.85. The van der Waals surface area contributed by atoms with E-state index in [0.29, 0.717) is 0 Å². The van der Waals surface area contributed by atoms with E-state index in [0.717, 1.165) is 5.49 Å². The van der Waals surface area contributed by atoms with Crippen LogP contribution in [0.2, 0.25) is 0 Å². The molecule has 0 aliphatic carbocycles. The third kappa shape index (κ3) is 2.22. The zero-order chi connectivity index (χ0) is 7.56. The second kappa shape index (κ2) is 3.96. The lowest BCUT2D eigenvalue weighted by Crippen LogP contribution is -2.16. The minimum atomic E-state index is 0. The molecule has 1 heterocycles. The van der Waals surface area contributed by atoms with E-state index in [1.54, 1.807) is 7.05 Å². The molecule has 2 heteroatoms. The number of rotatable bonds is 0. The molecule has 0 spiro atoms. The van der Waals surface area contributed by atoms with Gasteiger partial charge in [0.1, 0.15) is 5.49 Å². The lowest BCUT2D eigenvalue weighted by molar-refractivity contribution is 0.824. The molecule has 0 saturated carbocycles. The van der Waals surface area contributed by atoms with Gasteiger partial charge < -0.3 is 4.57 Å². The van der Waals surface area contributed by atoms with E-state index in [9.17, 15) is 0 Å². The fourth-order valence-corrected chi connectivity index (χ4v) is 0.882. The van der Waals surface area contributed by atoms with Gasteiger partial charge in [0, 0.05) is 20.3 Å². The summed E-state index contributed by atoms with van der Waals surface area (Å²) in [6, 6.07) is 4.12. The zero-order valence-electron chi connectivity index (χ0n) is 6.63. The average Bonchev–Trinajstić information content (AvgIpc) is 1.94. The molecule has 0 aliphatic heterocycles. The van der Waals surface area contributed by atoms with Crippen molar-refractivity contribution >= 4 is 0 Å². The molecule has 0 amide bonds. The summed E-state index contributed by atoms with van der Waals surface area (Å²) in [5.41, 5.74) is 2.26. The number of pyridine rings is 1. The third-order valence-electron chi connectivity index (χ3n) is 1.51. The fraction of sp³-hybridized carbons (Fsp3) is 0.444. The van der Waals surface area contributed by atoms with Crippen LogP contribution in [0.4, 0.5) is 0 Å². The maximum Gasteiger partial charge on any atom is 0.127 e. The Morgan fingerprint density at radius 2 is 2.09 bits per heavy atom. The van der Waals surface area contributed by atoms with Crippen molar-refractivity contribution in [2.24, 2.45) is 12.0 Å². The summed E-state index contributed by atoms with van der Waals surface area (Å²) >= 11 is 0. The summed E-state index contributed by atoms with van der Waals surface area (Å²) in [7, 11) is 3.79. The first kappa shape index (κ1) is 9.95. The lowest BCUT2D eigenvalue weighted by Gasteiger charge is -1.98. The monoisotopic (exact) mass is 152 g/mol. The van der Waals surface area contributed by atoms with E-state index >= 15 is 0 Å². The first-order valence-electron chi connectivity index (χ1n) is 3.30. The summed E-state index contributed by atoms with van der Waals surface area (Å²) in [6.07, 6.45) is 2.01. The van der Waals surface area contributed by atoms with Crippen molar-refractivity contribution in [1.29, 1.82) is 0 Å². The molecule has 2 nitrogen and oxygen atoms in total. The van der Waals surface area contributed by atoms with Gasteiger partial charge in [-0.15, -0.1) is 0 Å². The molecule has 11 heavy (non-hydrogen) atoms. The Bertz CT molecular complexity index is 284. The highest BCUT2D eigenvalue weighted by molar-refractivity contribution is 5.07. The van der Waals surface area contributed by atoms with Gasteiger partial charge in [-0.25, -0.2) is 0 Å². The quantitative estimate of drug-likeness (QED) is 0.536. The Balaban J connectivity index is 0.000001000. The van der Waals surface area contributed by atoms with Gasteiger partial charge in [0.15, 0.2) is 0 Å². The van der Waals surface area contributed by atoms with Gasteiger partial charge in [-0.1, -0.05) is 7.43 Å². The molecule has 1 rings (SSSR count). The largest absolute Gasteiger partial charge is 0.336 e. The van der Waals surface area contributed by atoms with E-state index in [2.05, 4.69) is 24.0 Å². The van der Waals surface area contributed by atoms with Crippen LogP contribution in [0.15, 0.2) is 23.3 Å². The average molecular weight is 152 g/mol. The molecule has 62 valence electrons. The molecule has 0 aliphatic rings. The van der Waals surface area contributed by atoms with Crippen molar-refractivity contribution in [2.75, 3.05) is 7.05 Å². The van der Waals surface area contributed by atoms with Gasteiger partial charge in [0.25, 0.3) is 0 Å². The van der Waals surface area contributed by atoms with E-state index in [1.807, 2.05) is 17.8 Å². The van der Waals surface area contributed by atoms with Crippen LogP contribution in [0.5, 0.6) is 0 Å². The molecule has 0 radical (unpaired) electrons. The number of aromatic nitrogens is 1. The van der Waals surface area contributed by atoms with Crippen molar-refractivity contribution in [3.8, 4) is 0 Å². The van der Waals surface area contributed by atoms with Crippen LogP contribution in [0.25, 0.3) is 0 Å². The minimum Gasteiger partial charge on any atom is -0.336 e. The highest BCUT2D eigenvalue weighted by atomic mass is 15.0. The molecular weight excluding hydrogens is 136 g/mol. The van der Waals surface area contributed by atoms with E-state index in [4.69, 9.17) is 0 Å². The van der Waals surface area contributed by atoms with Gasteiger partial charge in [-0.05, 0) is 24.6 Å². The lowest BCUT2D eigenvalue weighted by atomic mass is 10.3. The zero-order valence-corrected chi connectivity index (χ0v) is 6.63. The second-order valence-corrected chi connectivity index (χ2v) is 2.40. The topological polar surface area (TPSA) is 17.3 Å². The fourth-order valence-electron chi connectivity index (χ4n) is 0.882. The molecule has 0 atom stereocenters. The number of nitrogens with zero attached hydrogens (tertiary/aromatic N) is 2. The molecular formula is C9H16N2. The normalized spacial score (nSPS) is 11.0. The number of hydrogen-bond acceptors (Lipinski definition) is 1. The molecule has 0 N–H and O–H groups in total. The SMILES string of the molecule is C.CN=c1cc(C)ccn1C. The molecule has 0 aromatic carbocycles. The molecule has 1 aromatic heterocycles. The summed E-state index contributed by atoms with van der Waals surface area (Å²) in [6.45, 7) is 2.06. The van der Waals surface area contributed by atoms with Crippen LogP contribution in [0.1, 0.15) is 13.0 Å². The van der Waals surface area contributed by atoms with Crippen LogP contribution in [0.3, 0.4) is 0 Å². The van der Waals surface area contributed by atoms with Crippen molar-refractivity contribution in [3.63, 3.8) is 0 Å². The van der Waals surface area contributed by atoms with Crippen LogP contribution in [-0.4, -0.2) is 11.6 Å². The minimum absolute atomic E-state index is 0. The summed E-state index contributed by atoms with van der Waals surface area (Å²) < 4.78 is 1.99. The molecule has 0 unspecified atom stereocenters. The molecule has 0 fully saturated rings. The molecule has 0 saturated heterocycles. The Morgan fingerprint density at radius 3 is 2.55 bits per heavy atom. The predicted octanol–water partition coefficient (Wildman–Crippen LogP) is 1.50. The first-order valence-corrected chi connectivity index (χ1v) is 3.30. The predicted molar refractivity (Wildman–Crippen MR) is 48.4 cm³/mol. The maximum atomic E-state index is 4.09. The van der Waals surface area contributed by atoms with Crippen LogP contribution < -0.4 is 5.49 Å². The number of hydrogen-bond donors (Lipinski definition) is 0. The smallest absolute Gasteiger partial charge is 0.127 e. The summed E-state index contributed by atoms with van der Waals surface area (Å²) in [5, 5.41) is 0. The summed E-state index contributed by atoms with van der Waals surface area (Å²) in [5.74, 6) is 0. The Morgan fingerprint density at radius 1 is 1.45 bits per heavy atom. The van der Waals surface area contributed by atoms with Gasteiger partial charge >= 0.3 is 0 Å². The van der Waals surface area contributed by atoms with Crippen molar-refractivity contribution < 1.29 is 0 Å². The first-order chi connectivity index (χ1) is 4.74. The number of aryl methyl sites for hydroxylation is 2. The van der Waals surface area contributed by atoms with Crippen molar-refractivity contribution in [1.82, 2.24) is 4.57 Å². The Kier molecular flexibility index (Phi) is 3.58. The van der Waals surface area contributed by atoms with Gasteiger partial charge in [-0.3, -0.25) is 4.99 Å². The van der Waals surface area contributed by atoms with Crippen molar-refractivity contribution in [3.05, 3.63) is 29.4 Å².